The van der Waals surface area contributed by atoms with E-state index >= 15 is 0 Å². The fraction of sp³-hybridized carbons (Fsp3) is 0.750. The van der Waals surface area contributed by atoms with Gasteiger partial charge in [-0.2, -0.15) is 0 Å². The molecule has 0 aromatic heterocycles. The van der Waals surface area contributed by atoms with Crippen molar-refractivity contribution in [2.24, 2.45) is 11.8 Å². The molecule has 0 heterocycles. The molecule has 1 aromatic carbocycles. The SMILES string of the molecule is CC(C)CCCCCCc1cccc(S(=O)(=O)[O-])c1CCCCCCC(C)C.[NH4+]. The predicted octanol–water partition coefficient (Wildman–Crippen LogP) is 7.26. The first-order chi connectivity index (χ1) is 13.2. The van der Waals surface area contributed by atoms with E-state index in [2.05, 4.69) is 27.7 Å². The third-order valence-corrected chi connectivity index (χ3v) is 6.36. The third kappa shape index (κ3) is 12.4. The van der Waals surface area contributed by atoms with Crippen LogP contribution in [0.25, 0.3) is 0 Å². The normalized spacial score (nSPS) is 11.8. The Labute approximate surface area is 180 Å². The smallest absolute Gasteiger partial charge is 0.124 e. The molecular formula is C24H45NO3S. The van der Waals surface area contributed by atoms with Crippen LogP contribution in [-0.4, -0.2) is 13.0 Å². The van der Waals surface area contributed by atoms with Gasteiger partial charge in [0.05, 0.1) is 4.90 Å². The van der Waals surface area contributed by atoms with Crippen molar-refractivity contribution < 1.29 is 13.0 Å². The molecule has 170 valence electrons. The van der Waals surface area contributed by atoms with Gasteiger partial charge in [-0.1, -0.05) is 91.2 Å². The van der Waals surface area contributed by atoms with Gasteiger partial charge in [0.25, 0.3) is 0 Å². The molecule has 0 unspecified atom stereocenters. The van der Waals surface area contributed by atoms with Crippen LogP contribution < -0.4 is 6.15 Å². The van der Waals surface area contributed by atoms with Crippen molar-refractivity contribution in [3.8, 4) is 0 Å². The summed E-state index contributed by atoms with van der Waals surface area (Å²) in [5, 5.41) is 0. The van der Waals surface area contributed by atoms with Crippen molar-refractivity contribution >= 4 is 10.1 Å². The highest BCUT2D eigenvalue weighted by atomic mass is 32.2. The van der Waals surface area contributed by atoms with Crippen molar-refractivity contribution in [2.45, 2.75) is 110 Å². The average molecular weight is 428 g/mol. The summed E-state index contributed by atoms with van der Waals surface area (Å²) in [7, 11) is -4.41. The fourth-order valence-corrected chi connectivity index (χ4v) is 4.57. The minimum atomic E-state index is -4.41. The lowest BCUT2D eigenvalue weighted by Gasteiger charge is -2.17. The van der Waals surface area contributed by atoms with Crippen LogP contribution in [-0.2, 0) is 23.0 Å². The quantitative estimate of drug-likeness (QED) is 0.235. The van der Waals surface area contributed by atoms with Crippen LogP contribution >= 0.6 is 0 Å². The molecule has 0 saturated heterocycles. The van der Waals surface area contributed by atoms with Crippen molar-refractivity contribution in [2.75, 3.05) is 0 Å². The van der Waals surface area contributed by atoms with E-state index in [0.717, 1.165) is 55.1 Å². The van der Waals surface area contributed by atoms with E-state index in [1.54, 1.807) is 6.07 Å². The van der Waals surface area contributed by atoms with Crippen LogP contribution in [0.1, 0.15) is 103 Å². The zero-order chi connectivity index (χ0) is 21.0. The third-order valence-electron chi connectivity index (χ3n) is 5.44. The van der Waals surface area contributed by atoms with E-state index in [4.69, 9.17) is 0 Å². The van der Waals surface area contributed by atoms with E-state index < -0.39 is 10.1 Å². The highest BCUT2D eigenvalue weighted by Gasteiger charge is 2.13. The number of aryl methyl sites for hydroxylation is 1. The molecule has 0 amide bonds. The molecule has 0 atom stereocenters. The Morgan fingerprint density at radius 3 is 1.72 bits per heavy atom. The molecule has 5 heteroatoms. The molecule has 0 fully saturated rings. The fourth-order valence-electron chi connectivity index (χ4n) is 3.79. The first kappa shape index (κ1) is 28.1. The van der Waals surface area contributed by atoms with E-state index in [-0.39, 0.29) is 11.0 Å². The Bertz CT molecular complexity index is 654. The molecule has 0 aliphatic carbocycles. The monoisotopic (exact) mass is 427 g/mol. The van der Waals surface area contributed by atoms with Crippen LogP contribution in [0.15, 0.2) is 23.1 Å². The van der Waals surface area contributed by atoms with E-state index in [0.29, 0.717) is 6.42 Å². The highest BCUT2D eigenvalue weighted by molar-refractivity contribution is 7.85. The van der Waals surface area contributed by atoms with Gasteiger partial charge in [0, 0.05) is 0 Å². The largest absolute Gasteiger partial charge is 0.744 e. The maximum Gasteiger partial charge on any atom is 0.124 e. The topological polar surface area (TPSA) is 93.7 Å². The minimum absolute atomic E-state index is 0. The lowest BCUT2D eigenvalue weighted by Crippen LogP contribution is -2.07. The molecule has 29 heavy (non-hydrogen) atoms. The van der Waals surface area contributed by atoms with Crippen molar-refractivity contribution in [1.29, 1.82) is 0 Å². The van der Waals surface area contributed by atoms with Gasteiger partial charge in [-0.3, -0.25) is 0 Å². The van der Waals surface area contributed by atoms with Gasteiger partial charge in [0.2, 0.25) is 0 Å². The molecule has 0 aliphatic rings. The van der Waals surface area contributed by atoms with Gasteiger partial charge >= 0.3 is 0 Å². The van der Waals surface area contributed by atoms with Crippen LogP contribution in [0.3, 0.4) is 0 Å². The van der Waals surface area contributed by atoms with Gasteiger partial charge in [-0.15, -0.1) is 0 Å². The molecule has 1 aromatic rings. The number of benzene rings is 1. The zero-order valence-electron chi connectivity index (χ0n) is 19.5. The second-order valence-electron chi connectivity index (χ2n) is 9.04. The lowest BCUT2D eigenvalue weighted by molar-refractivity contribution is 0.461. The molecule has 1 rings (SSSR count). The number of hydrogen-bond acceptors (Lipinski definition) is 3. The molecule has 0 aliphatic heterocycles. The maximum absolute atomic E-state index is 11.7. The van der Waals surface area contributed by atoms with Crippen LogP contribution in [0.5, 0.6) is 0 Å². The van der Waals surface area contributed by atoms with Crippen molar-refractivity contribution in [3.05, 3.63) is 29.3 Å². The molecular weight excluding hydrogens is 382 g/mol. The Balaban J connectivity index is 0.00000784. The molecule has 0 radical (unpaired) electrons. The molecule has 0 spiro atoms. The van der Waals surface area contributed by atoms with Crippen LogP contribution in [0.4, 0.5) is 0 Å². The molecule has 4 N–H and O–H groups in total. The summed E-state index contributed by atoms with van der Waals surface area (Å²) >= 11 is 0. The first-order valence-corrected chi connectivity index (χ1v) is 12.7. The van der Waals surface area contributed by atoms with E-state index in [1.165, 1.54) is 44.6 Å². The zero-order valence-corrected chi connectivity index (χ0v) is 20.3. The average Bonchev–Trinajstić information content (AvgIpc) is 2.60. The van der Waals surface area contributed by atoms with Crippen LogP contribution in [0, 0.1) is 11.8 Å². The van der Waals surface area contributed by atoms with Gasteiger partial charge in [-0.05, 0) is 54.7 Å². The Kier molecular flexibility index (Phi) is 14.5. The Hall–Kier alpha value is -0.910. The second kappa shape index (κ2) is 15.0. The van der Waals surface area contributed by atoms with E-state index in [9.17, 15) is 13.0 Å². The van der Waals surface area contributed by atoms with Crippen molar-refractivity contribution in [3.63, 3.8) is 0 Å². The summed E-state index contributed by atoms with van der Waals surface area (Å²) in [6, 6.07) is 5.23. The summed E-state index contributed by atoms with van der Waals surface area (Å²) in [4.78, 5) is 0.00647. The molecule has 0 saturated carbocycles. The summed E-state index contributed by atoms with van der Waals surface area (Å²) in [6.07, 6.45) is 13.2. The van der Waals surface area contributed by atoms with Gasteiger partial charge in [0.1, 0.15) is 10.1 Å². The number of rotatable bonds is 15. The summed E-state index contributed by atoms with van der Waals surface area (Å²) in [5.74, 6) is 1.49. The first-order valence-electron chi connectivity index (χ1n) is 11.3. The summed E-state index contributed by atoms with van der Waals surface area (Å²) in [6.45, 7) is 8.99. The summed E-state index contributed by atoms with van der Waals surface area (Å²) < 4.78 is 35.2. The predicted molar refractivity (Wildman–Crippen MR) is 124 cm³/mol. The maximum atomic E-state index is 11.7. The van der Waals surface area contributed by atoms with E-state index in [1.807, 2.05) is 6.07 Å². The lowest BCUT2D eigenvalue weighted by atomic mass is 9.95. The van der Waals surface area contributed by atoms with Gasteiger partial charge in [-0.25, -0.2) is 8.42 Å². The number of hydrogen-bond donors (Lipinski definition) is 1. The summed E-state index contributed by atoms with van der Waals surface area (Å²) in [5.41, 5.74) is 1.84. The highest BCUT2D eigenvalue weighted by Crippen LogP contribution is 2.24. The Morgan fingerprint density at radius 2 is 1.24 bits per heavy atom. The number of quaternary nitrogens is 1. The van der Waals surface area contributed by atoms with Gasteiger partial charge in [0.15, 0.2) is 0 Å². The standard InChI is InChI=1S/C24H42O3S.H3N/c1-20(2)14-9-5-7-11-16-22-17-13-19-24(28(25,26)27)23(22)18-12-8-6-10-15-21(3)4;/h13,17,19-21H,5-12,14-16,18H2,1-4H3,(H,25,26,27);1H3. The number of unbranched alkanes of at least 4 members (excludes halogenated alkanes) is 6. The Morgan fingerprint density at radius 1 is 0.759 bits per heavy atom. The van der Waals surface area contributed by atoms with Gasteiger partial charge < -0.3 is 10.7 Å². The second-order valence-corrected chi connectivity index (χ2v) is 10.4. The minimum Gasteiger partial charge on any atom is -0.744 e. The molecule has 4 nitrogen and oxygen atoms in total. The molecule has 0 bridgehead atoms. The van der Waals surface area contributed by atoms with Crippen LogP contribution in [0.2, 0.25) is 0 Å². The van der Waals surface area contributed by atoms with Crippen molar-refractivity contribution in [1.82, 2.24) is 6.15 Å².